The van der Waals surface area contributed by atoms with Crippen LogP contribution >= 0.6 is 11.3 Å². The van der Waals surface area contributed by atoms with Crippen LogP contribution in [0.4, 0.5) is 10.5 Å². The molecule has 1 aliphatic rings. The third kappa shape index (κ3) is 5.30. The van der Waals surface area contributed by atoms with Gasteiger partial charge in [0.1, 0.15) is 0 Å². The first kappa shape index (κ1) is 19.4. The molecule has 0 aliphatic carbocycles. The second kappa shape index (κ2) is 9.53. The van der Waals surface area contributed by atoms with Crippen LogP contribution < -0.4 is 5.32 Å². The molecule has 0 radical (unpaired) electrons. The Morgan fingerprint density at radius 1 is 1.11 bits per heavy atom. The Hall–Kier alpha value is -2.38. The van der Waals surface area contributed by atoms with E-state index in [1.165, 1.54) is 4.88 Å². The molecule has 1 aromatic heterocycles. The van der Waals surface area contributed by atoms with Gasteiger partial charge in [0.25, 0.3) is 0 Å². The fraction of sp³-hybridized carbons (Fsp3) is 0.400. The van der Waals surface area contributed by atoms with Crippen molar-refractivity contribution in [2.45, 2.75) is 13.3 Å². The highest BCUT2D eigenvalue weighted by Crippen LogP contribution is 2.17. The summed E-state index contributed by atoms with van der Waals surface area (Å²) in [5, 5.41) is 4.96. The van der Waals surface area contributed by atoms with Gasteiger partial charge in [0.2, 0.25) is 0 Å². The molecule has 1 aliphatic heterocycles. The van der Waals surface area contributed by atoms with Crippen LogP contribution in [-0.4, -0.2) is 61.1 Å². The van der Waals surface area contributed by atoms with Crippen molar-refractivity contribution in [1.29, 1.82) is 0 Å². The van der Waals surface area contributed by atoms with Gasteiger partial charge in [0.15, 0.2) is 0 Å². The normalized spacial score (nSPS) is 14.8. The van der Waals surface area contributed by atoms with Crippen molar-refractivity contribution < 1.29 is 14.3 Å². The van der Waals surface area contributed by atoms with Crippen molar-refractivity contribution in [1.82, 2.24) is 9.80 Å². The molecule has 0 spiro atoms. The van der Waals surface area contributed by atoms with Crippen LogP contribution in [0.25, 0.3) is 0 Å². The predicted octanol–water partition coefficient (Wildman–Crippen LogP) is 3.32. The molecule has 0 bridgehead atoms. The van der Waals surface area contributed by atoms with E-state index in [-0.39, 0.29) is 6.03 Å². The molecule has 7 heteroatoms. The monoisotopic (exact) mass is 387 g/mol. The summed E-state index contributed by atoms with van der Waals surface area (Å²) in [6.07, 6.45) is 1.05. The number of ether oxygens (including phenoxy) is 1. The average Bonchev–Trinajstić information content (AvgIpc) is 3.21. The number of thiophene rings is 1. The van der Waals surface area contributed by atoms with Gasteiger partial charge < -0.3 is 15.0 Å². The number of rotatable bonds is 6. The second-order valence-corrected chi connectivity index (χ2v) is 7.39. The topological polar surface area (TPSA) is 61.9 Å². The van der Waals surface area contributed by atoms with Crippen LogP contribution in [-0.2, 0) is 11.2 Å². The van der Waals surface area contributed by atoms with Crippen molar-refractivity contribution in [3.63, 3.8) is 0 Å². The molecule has 6 nitrogen and oxygen atoms in total. The molecule has 2 aromatic rings. The smallest absolute Gasteiger partial charge is 0.340 e. The van der Waals surface area contributed by atoms with Gasteiger partial charge >= 0.3 is 12.0 Å². The number of para-hydroxylation sites is 1. The molecule has 144 valence electrons. The largest absolute Gasteiger partial charge is 0.462 e. The maximum atomic E-state index is 12.6. The second-order valence-electron chi connectivity index (χ2n) is 6.35. The Balaban J connectivity index is 1.50. The maximum absolute atomic E-state index is 12.6. The number of hydrogen-bond donors (Lipinski definition) is 1. The Morgan fingerprint density at radius 3 is 2.59 bits per heavy atom. The zero-order valence-electron chi connectivity index (χ0n) is 15.5. The minimum atomic E-state index is -0.424. The van der Waals surface area contributed by atoms with E-state index in [4.69, 9.17) is 4.74 Å². The quantitative estimate of drug-likeness (QED) is 0.773. The van der Waals surface area contributed by atoms with E-state index in [1.807, 2.05) is 0 Å². The van der Waals surface area contributed by atoms with Crippen LogP contribution in [0.15, 0.2) is 41.8 Å². The van der Waals surface area contributed by atoms with Crippen molar-refractivity contribution in [3.8, 4) is 0 Å². The van der Waals surface area contributed by atoms with Crippen molar-refractivity contribution in [2.75, 3.05) is 44.6 Å². The summed E-state index contributed by atoms with van der Waals surface area (Å²) in [5.74, 6) is -0.424. The number of carbonyl (C=O) groups excluding carboxylic acids is 2. The molecule has 3 rings (SSSR count). The molecule has 1 saturated heterocycles. The number of piperazine rings is 1. The highest BCUT2D eigenvalue weighted by Gasteiger charge is 2.22. The summed E-state index contributed by atoms with van der Waals surface area (Å²) in [7, 11) is 0. The van der Waals surface area contributed by atoms with Gasteiger partial charge in [0.05, 0.1) is 17.9 Å². The highest BCUT2D eigenvalue weighted by atomic mass is 32.1. The Labute approximate surface area is 163 Å². The summed E-state index contributed by atoms with van der Waals surface area (Å²) < 4.78 is 5.06. The fourth-order valence-corrected chi connectivity index (χ4v) is 3.77. The van der Waals surface area contributed by atoms with Crippen molar-refractivity contribution in [2.24, 2.45) is 0 Å². The Morgan fingerprint density at radius 2 is 1.89 bits per heavy atom. The van der Waals surface area contributed by atoms with Crippen molar-refractivity contribution >= 4 is 29.0 Å². The lowest BCUT2D eigenvalue weighted by atomic mass is 10.2. The summed E-state index contributed by atoms with van der Waals surface area (Å²) in [6, 6.07) is 11.0. The number of nitrogens with zero attached hydrogens (tertiary/aromatic N) is 2. The number of urea groups is 1. The molecule has 1 fully saturated rings. The molecular weight excluding hydrogens is 362 g/mol. The summed E-state index contributed by atoms with van der Waals surface area (Å²) in [5.41, 5.74) is 0.864. The number of hydrogen-bond acceptors (Lipinski definition) is 5. The van der Waals surface area contributed by atoms with Gasteiger partial charge in [-0.25, -0.2) is 9.59 Å². The number of amides is 2. The zero-order valence-corrected chi connectivity index (χ0v) is 16.3. The number of nitrogens with one attached hydrogen (secondary N) is 1. The first-order valence-electron chi connectivity index (χ1n) is 9.24. The molecule has 0 unspecified atom stereocenters. The van der Waals surface area contributed by atoms with Crippen molar-refractivity contribution in [3.05, 3.63) is 52.2 Å². The molecule has 0 atom stereocenters. The molecule has 0 saturated carbocycles. The Kier molecular flexibility index (Phi) is 6.84. The molecule has 27 heavy (non-hydrogen) atoms. The van der Waals surface area contributed by atoms with Crippen LogP contribution in [0.3, 0.4) is 0 Å². The number of carbonyl (C=O) groups is 2. The SMILES string of the molecule is CCOC(=O)c1ccccc1NC(=O)N1CCN(CCc2cccs2)CC1. The van der Waals surface area contributed by atoms with E-state index in [9.17, 15) is 9.59 Å². The lowest BCUT2D eigenvalue weighted by molar-refractivity contribution is 0.0527. The first-order chi connectivity index (χ1) is 13.2. The van der Waals surface area contributed by atoms with Gasteiger partial charge in [-0.1, -0.05) is 18.2 Å². The lowest BCUT2D eigenvalue weighted by Crippen LogP contribution is -2.50. The van der Waals surface area contributed by atoms with Crippen LogP contribution in [0, 0.1) is 0 Å². The van der Waals surface area contributed by atoms with Crippen LogP contribution in [0.2, 0.25) is 0 Å². The van der Waals surface area contributed by atoms with E-state index in [0.717, 1.165) is 26.1 Å². The highest BCUT2D eigenvalue weighted by molar-refractivity contribution is 7.09. The van der Waals surface area contributed by atoms with E-state index >= 15 is 0 Å². The summed E-state index contributed by atoms with van der Waals surface area (Å²) in [4.78, 5) is 30.2. The molecule has 2 amide bonds. The van der Waals surface area contributed by atoms with Gasteiger partial charge in [-0.15, -0.1) is 11.3 Å². The van der Waals surface area contributed by atoms with E-state index in [1.54, 1.807) is 47.4 Å². The number of anilines is 1. The Bertz CT molecular complexity index is 756. The third-order valence-corrected chi connectivity index (χ3v) is 5.51. The summed E-state index contributed by atoms with van der Waals surface area (Å²) in [6.45, 7) is 6.15. The maximum Gasteiger partial charge on any atom is 0.340 e. The first-order valence-corrected chi connectivity index (χ1v) is 10.1. The van der Waals surface area contributed by atoms with E-state index in [0.29, 0.717) is 30.9 Å². The average molecular weight is 388 g/mol. The van der Waals surface area contributed by atoms with E-state index < -0.39 is 5.97 Å². The van der Waals surface area contributed by atoms with E-state index in [2.05, 4.69) is 27.7 Å². The number of benzene rings is 1. The third-order valence-electron chi connectivity index (χ3n) is 4.58. The lowest BCUT2D eigenvalue weighted by Gasteiger charge is -2.34. The van der Waals surface area contributed by atoms with Crippen LogP contribution in [0.5, 0.6) is 0 Å². The standard InChI is InChI=1S/C20H25N3O3S/c1-2-26-19(24)17-7-3-4-8-18(17)21-20(25)23-13-11-22(12-14-23)10-9-16-6-5-15-27-16/h3-8,15H,2,9-14H2,1H3,(H,21,25). The van der Waals surface area contributed by atoms with Crippen LogP contribution in [0.1, 0.15) is 22.2 Å². The minimum Gasteiger partial charge on any atom is -0.462 e. The molecule has 1 aromatic carbocycles. The van der Waals surface area contributed by atoms with Gasteiger partial charge in [-0.3, -0.25) is 4.90 Å². The summed E-state index contributed by atoms with van der Waals surface area (Å²) >= 11 is 1.79. The fourth-order valence-electron chi connectivity index (χ4n) is 3.07. The minimum absolute atomic E-state index is 0.176. The molecule has 1 N–H and O–H groups in total. The van der Waals surface area contributed by atoms with Gasteiger partial charge in [-0.2, -0.15) is 0 Å². The number of esters is 1. The zero-order chi connectivity index (χ0) is 19.1. The van der Waals surface area contributed by atoms with Gasteiger partial charge in [-0.05, 0) is 36.9 Å². The van der Waals surface area contributed by atoms with Gasteiger partial charge in [0, 0.05) is 37.6 Å². The molecular formula is C20H25N3O3S. The molecule has 2 heterocycles. The predicted molar refractivity (Wildman–Crippen MR) is 107 cm³/mol.